The third kappa shape index (κ3) is 10.9. The minimum atomic E-state index is -5.16. The van der Waals surface area contributed by atoms with Gasteiger partial charge in [0.1, 0.15) is 44.0 Å². The maximum atomic E-state index is 12.6. The molecule has 8 rings (SSSR count). The van der Waals surface area contributed by atoms with Crippen LogP contribution in [0.3, 0.4) is 0 Å². The van der Waals surface area contributed by atoms with Gasteiger partial charge in [0.05, 0.1) is 9.79 Å². The number of benzene rings is 7. The molecule has 0 spiro atoms. The summed E-state index contributed by atoms with van der Waals surface area (Å²) < 4.78 is 136. The number of anilines is 6. The molecule has 0 amide bonds. The van der Waals surface area contributed by atoms with Crippen LogP contribution in [0.1, 0.15) is 0 Å². The highest BCUT2D eigenvalue weighted by Gasteiger charge is 2.25. The molecule has 0 saturated carbocycles. The smallest absolute Gasteiger partial charge is 0.296 e. The van der Waals surface area contributed by atoms with Crippen molar-refractivity contribution in [2.75, 3.05) is 16.0 Å². The Morgan fingerprint density at radius 2 is 0.775 bits per heavy atom. The van der Waals surface area contributed by atoms with Crippen molar-refractivity contribution in [3.63, 3.8) is 0 Å². The molecule has 71 heavy (non-hydrogen) atoms. The quantitative estimate of drug-likeness (QED) is 0.0362. The van der Waals surface area contributed by atoms with Crippen molar-refractivity contribution in [1.82, 2.24) is 15.0 Å². The Morgan fingerprint density at radius 1 is 0.394 bits per heavy atom. The molecule has 0 unspecified atom stereocenters. The number of hydrogen-bond donors (Lipinski definition) is 11. The molecule has 0 saturated heterocycles. The lowest BCUT2D eigenvalue weighted by atomic mass is 10.1. The summed E-state index contributed by atoms with van der Waals surface area (Å²) in [6.07, 6.45) is 0. The van der Waals surface area contributed by atoms with Gasteiger partial charge in [0.25, 0.3) is 40.5 Å². The summed E-state index contributed by atoms with van der Waals surface area (Å²) in [6, 6.07) is 23.6. The Morgan fingerprint density at radius 3 is 1.14 bits per heavy atom. The van der Waals surface area contributed by atoms with Crippen molar-refractivity contribution in [3.05, 3.63) is 115 Å². The third-order valence-corrected chi connectivity index (χ3v) is 13.3. The Bertz CT molecular complexity index is 3800. The predicted octanol–water partition coefficient (Wildman–Crippen LogP) is 8.05. The summed E-state index contributed by atoms with van der Waals surface area (Å²) in [6.45, 7) is 0. The average Bonchev–Trinajstić information content (AvgIpc) is 3.28. The lowest BCUT2D eigenvalue weighted by Gasteiger charge is -2.14. The number of azo groups is 2. The minimum Gasteiger partial charge on any atom is -0.506 e. The van der Waals surface area contributed by atoms with Gasteiger partial charge in [0.2, 0.25) is 17.8 Å². The zero-order valence-corrected chi connectivity index (χ0v) is 38.3. The van der Waals surface area contributed by atoms with Crippen LogP contribution in [-0.4, -0.2) is 87.3 Å². The molecular formula is C41H30N10O16S4. The number of phenolic OH excluding ortho intramolecular Hbond substituents is 4. The molecule has 0 bridgehead atoms. The van der Waals surface area contributed by atoms with Crippen molar-refractivity contribution >= 4 is 120 Å². The van der Waals surface area contributed by atoms with E-state index in [1.54, 1.807) is 30.3 Å². The molecule has 0 aliphatic heterocycles. The largest absolute Gasteiger partial charge is 0.506 e. The Labute approximate surface area is 399 Å². The molecule has 7 aromatic carbocycles. The molecule has 1 heterocycles. The molecule has 0 atom stereocenters. The van der Waals surface area contributed by atoms with Crippen LogP contribution < -0.4 is 16.0 Å². The van der Waals surface area contributed by atoms with Gasteiger partial charge in [0.15, 0.2) is 11.5 Å². The van der Waals surface area contributed by atoms with Crippen LogP contribution in [-0.2, 0) is 40.5 Å². The third-order valence-electron chi connectivity index (χ3n) is 9.84. The summed E-state index contributed by atoms with van der Waals surface area (Å²) in [7, 11) is -19.9. The lowest BCUT2D eigenvalue weighted by molar-refractivity contribution is 0.470. The van der Waals surface area contributed by atoms with Crippen LogP contribution >= 0.6 is 0 Å². The Hall–Kier alpha value is -8.49. The van der Waals surface area contributed by atoms with Gasteiger partial charge < -0.3 is 36.4 Å². The molecule has 11 N–H and O–H groups in total. The van der Waals surface area contributed by atoms with E-state index in [-0.39, 0.29) is 50.8 Å². The predicted molar refractivity (Wildman–Crippen MR) is 251 cm³/mol. The molecule has 26 nitrogen and oxygen atoms in total. The fourth-order valence-electron chi connectivity index (χ4n) is 6.59. The van der Waals surface area contributed by atoms with Crippen molar-refractivity contribution in [1.29, 1.82) is 0 Å². The van der Waals surface area contributed by atoms with Gasteiger partial charge in [-0.05, 0) is 108 Å². The second-order valence-corrected chi connectivity index (χ2v) is 20.3. The van der Waals surface area contributed by atoms with Crippen molar-refractivity contribution in [2.24, 2.45) is 20.5 Å². The second-order valence-electron chi connectivity index (χ2n) is 14.7. The van der Waals surface area contributed by atoms with E-state index in [1.165, 1.54) is 36.4 Å². The number of hydrogen-bond acceptors (Lipinski definition) is 22. The number of para-hydroxylation sites is 1. The number of rotatable bonds is 14. The van der Waals surface area contributed by atoms with Crippen LogP contribution in [0.15, 0.2) is 155 Å². The van der Waals surface area contributed by atoms with E-state index in [2.05, 4.69) is 51.4 Å². The van der Waals surface area contributed by atoms with Crippen molar-refractivity contribution < 1.29 is 72.3 Å². The van der Waals surface area contributed by atoms with Gasteiger partial charge in [-0.3, -0.25) is 18.2 Å². The molecule has 1 aromatic heterocycles. The van der Waals surface area contributed by atoms with E-state index in [9.17, 15) is 72.3 Å². The number of aromatic hydroxyl groups is 4. The van der Waals surface area contributed by atoms with E-state index >= 15 is 0 Å². The fourth-order valence-corrected chi connectivity index (χ4v) is 8.91. The lowest BCUT2D eigenvalue weighted by Crippen LogP contribution is -2.07. The molecule has 0 aliphatic rings. The van der Waals surface area contributed by atoms with E-state index in [0.717, 1.165) is 48.5 Å². The van der Waals surface area contributed by atoms with Crippen LogP contribution in [0.4, 0.5) is 57.7 Å². The molecule has 364 valence electrons. The summed E-state index contributed by atoms with van der Waals surface area (Å²) in [5.74, 6) is -3.23. The summed E-state index contributed by atoms with van der Waals surface area (Å²) >= 11 is 0. The maximum Gasteiger partial charge on any atom is 0.296 e. The van der Waals surface area contributed by atoms with Gasteiger partial charge in [0, 0.05) is 27.8 Å². The molecule has 0 radical (unpaired) electrons. The Kier molecular flexibility index (Phi) is 12.7. The zero-order chi connectivity index (χ0) is 51.2. The summed E-state index contributed by atoms with van der Waals surface area (Å²) in [5, 5.41) is 66.3. The standard InChI is InChI=1S/C41H30N10O16S4/c52-31-12-8-25(68(56,57)58)18-29(31)48-50-35-33(70(62,63)64)16-20-14-23(6-10-27(20)37(35)54)43-40-45-39(42-22-4-2-1-3-5-22)46-41(47-40)44-24-7-11-28-21(15-24)17-34(71(65,66)67)36(38(28)55)51-49-30-19-26(69(59,60)61)9-13-32(30)53/h1-19,52-55H,(H,56,57,58)(H,59,60,61)(H,62,63,64)(H,65,66,67)(H3,42,43,44,45,46,47). The Balaban J connectivity index is 1.15. The number of phenols is 4. The number of fused-ring (bicyclic) bond motifs is 2. The topological polar surface area (TPSA) is 423 Å². The highest BCUT2D eigenvalue weighted by molar-refractivity contribution is 7.86. The van der Waals surface area contributed by atoms with E-state index in [1.807, 2.05) is 0 Å². The normalized spacial score (nSPS) is 12.5. The van der Waals surface area contributed by atoms with E-state index < -0.39 is 106 Å². The van der Waals surface area contributed by atoms with Crippen molar-refractivity contribution in [3.8, 4) is 23.0 Å². The molecule has 0 aliphatic carbocycles. The van der Waals surface area contributed by atoms with E-state index in [4.69, 9.17) is 0 Å². The molecule has 30 heteroatoms. The van der Waals surface area contributed by atoms with Gasteiger partial charge in [-0.2, -0.15) is 48.6 Å². The van der Waals surface area contributed by atoms with Crippen LogP contribution in [0.25, 0.3) is 21.5 Å². The van der Waals surface area contributed by atoms with Crippen LogP contribution in [0, 0.1) is 0 Å². The fraction of sp³-hybridized carbons (Fsp3) is 0. The van der Waals surface area contributed by atoms with Crippen LogP contribution in [0.2, 0.25) is 0 Å². The summed E-state index contributed by atoms with van der Waals surface area (Å²) in [4.78, 5) is 9.95. The first kappa shape index (κ1) is 48.9. The number of nitrogens with zero attached hydrogens (tertiary/aromatic N) is 7. The highest BCUT2D eigenvalue weighted by Crippen LogP contribution is 2.45. The van der Waals surface area contributed by atoms with Gasteiger partial charge in [-0.15, -0.1) is 20.5 Å². The first-order chi connectivity index (χ1) is 33.3. The number of nitrogens with one attached hydrogen (secondary N) is 3. The van der Waals surface area contributed by atoms with Gasteiger partial charge in [-0.25, -0.2) is 0 Å². The molecule has 8 aromatic rings. The minimum absolute atomic E-state index is 0.00291. The molecule has 0 fully saturated rings. The average molecular weight is 1050 g/mol. The number of aromatic nitrogens is 3. The SMILES string of the molecule is O=S(=O)(O)c1ccc(O)c(N=Nc2c(S(=O)(=O)O)cc3cc(Nc4nc(Nc5ccccc5)nc(Nc5ccc6c(O)c(N=Nc7cc(S(=O)(=O)O)ccc7O)c(S(=O)(=O)O)cc6c5)n4)ccc3c2O)c1. The van der Waals surface area contributed by atoms with Crippen molar-refractivity contribution in [2.45, 2.75) is 19.6 Å². The highest BCUT2D eigenvalue weighted by atomic mass is 32.2. The van der Waals surface area contributed by atoms with Gasteiger partial charge >= 0.3 is 0 Å². The van der Waals surface area contributed by atoms with Crippen LogP contribution in [0.5, 0.6) is 23.0 Å². The molecular weight excluding hydrogens is 1020 g/mol. The summed E-state index contributed by atoms with van der Waals surface area (Å²) in [5.41, 5.74) is -1.81. The first-order valence-electron chi connectivity index (χ1n) is 19.4. The maximum absolute atomic E-state index is 12.6. The van der Waals surface area contributed by atoms with Gasteiger partial charge in [-0.1, -0.05) is 18.2 Å². The first-order valence-corrected chi connectivity index (χ1v) is 25.2. The van der Waals surface area contributed by atoms with E-state index in [0.29, 0.717) is 5.69 Å². The monoisotopic (exact) mass is 1050 g/mol. The second kappa shape index (κ2) is 18.4. The zero-order valence-electron chi connectivity index (χ0n) is 35.1.